The van der Waals surface area contributed by atoms with Crippen LogP contribution in [0.5, 0.6) is 0 Å². The maximum Gasteiger partial charge on any atom is 0.125 e. The van der Waals surface area contributed by atoms with Crippen molar-refractivity contribution >= 4 is 0 Å². The molecular formula is C11H12FN3. The normalized spacial score (nSPS) is 12.7. The van der Waals surface area contributed by atoms with E-state index >= 15 is 0 Å². The predicted octanol–water partition coefficient (Wildman–Crippen LogP) is 2.03. The van der Waals surface area contributed by atoms with Gasteiger partial charge in [0.2, 0.25) is 0 Å². The highest BCUT2D eigenvalue weighted by Gasteiger charge is 2.08. The number of imidazole rings is 1. The van der Waals surface area contributed by atoms with Crippen molar-refractivity contribution in [1.29, 1.82) is 0 Å². The van der Waals surface area contributed by atoms with Gasteiger partial charge in [-0.3, -0.25) is 0 Å². The predicted molar refractivity (Wildman–Crippen MR) is 56.1 cm³/mol. The van der Waals surface area contributed by atoms with Crippen LogP contribution in [0.15, 0.2) is 36.8 Å². The van der Waals surface area contributed by atoms with E-state index in [1.807, 2.05) is 13.0 Å². The van der Waals surface area contributed by atoms with E-state index in [1.165, 1.54) is 12.1 Å². The molecule has 0 saturated heterocycles. The Morgan fingerprint density at radius 3 is 2.93 bits per heavy atom. The zero-order chi connectivity index (χ0) is 10.8. The smallest absolute Gasteiger partial charge is 0.125 e. The Balaban J connectivity index is 2.49. The first-order valence-electron chi connectivity index (χ1n) is 4.72. The van der Waals surface area contributed by atoms with E-state index in [0.29, 0.717) is 0 Å². The number of nitrogens with zero attached hydrogens (tertiary/aromatic N) is 2. The second-order valence-electron chi connectivity index (χ2n) is 3.46. The Bertz CT molecular complexity index is 462. The van der Waals surface area contributed by atoms with Gasteiger partial charge >= 0.3 is 0 Å². The second-order valence-corrected chi connectivity index (χ2v) is 3.46. The fourth-order valence-electron chi connectivity index (χ4n) is 1.48. The van der Waals surface area contributed by atoms with E-state index in [0.717, 1.165) is 11.4 Å². The van der Waals surface area contributed by atoms with Gasteiger partial charge in [-0.25, -0.2) is 9.37 Å². The average molecular weight is 205 g/mol. The molecule has 1 aromatic carbocycles. The first-order chi connectivity index (χ1) is 7.18. The van der Waals surface area contributed by atoms with E-state index in [2.05, 4.69) is 4.98 Å². The molecule has 0 fully saturated rings. The molecule has 1 unspecified atom stereocenters. The summed E-state index contributed by atoms with van der Waals surface area (Å²) in [6.45, 7) is 1.87. The molecule has 0 bridgehead atoms. The number of hydrogen-bond acceptors (Lipinski definition) is 2. The zero-order valence-corrected chi connectivity index (χ0v) is 8.39. The minimum atomic E-state index is -0.267. The lowest BCUT2D eigenvalue weighted by Crippen LogP contribution is -2.10. The van der Waals surface area contributed by atoms with Crippen LogP contribution in [0.25, 0.3) is 5.69 Å². The summed E-state index contributed by atoms with van der Waals surface area (Å²) in [7, 11) is 0. The third-order valence-electron chi connectivity index (χ3n) is 2.22. The van der Waals surface area contributed by atoms with Crippen LogP contribution < -0.4 is 5.73 Å². The summed E-state index contributed by atoms with van der Waals surface area (Å²) in [6.07, 6.45) is 3.32. The van der Waals surface area contributed by atoms with Gasteiger partial charge in [0.05, 0.1) is 18.2 Å². The number of rotatable bonds is 2. The van der Waals surface area contributed by atoms with E-state index in [1.54, 1.807) is 23.2 Å². The maximum absolute atomic E-state index is 13.0. The molecule has 0 radical (unpaired) electrons. The summed E-state index contributed by atoms with van der Waals surface area (Å²) < 4.78 is 14.8. The second kappa shape index (κ2) is 3.82. The van der Waals surface area contributed by atoms with Gasteiger partial charge in [0.25, 0.3) is 0 Å². The van der Waals surface area contributed by atoms with Gasteiger partial charge in [0.15, 0.2) is 0 Å². The van der Waals surface area contributed by atoms with Crippen molar-refractivity contribution < 1.29 is 4.39 Å². The van der Waals surface area contributed by atoms with E-state index in [9.17, 15) is 4.39 Å². The van der Waals surface area contributed by atoms with Crippen molar-refractivity contribution in [2.75, 3.05) is 0 Å². The van der Waals surface area contributed by atoms with Crippen LogP contribution in [0, 0.1) is 5.82 Å². The third kappa shape index (κ3) is 1.89. The lowest BCUT2D eigenvalue weighted by atomic mass is 10.2. The largest absolute Gasteiger partial charge is 0.323 e. The summed E-state index contributed by atoms with van der Waals surface area (Å²) in [4.78, 5) is 4.01. The van der Waals surface area contributed by atoms with E-state index < -0.39 is 0 Å². The SMILES string of the molecule is CC(N)c1cncn1-c1cccc(F)c1. The Morgan fingerprint density at radius 1 is 1.47 bits per heavy atom. The van der Waals surface area contributed by atoms with Crippen molar-refractivity contribution in [2.45, 2.75) is 13.0 Å². The molecule has 3 nitrogen and oxygen atoms in total. The van der Waals surface area contributed by atoms with Gasteiger partial charge in [-0.2, -0.15) is 0 Å². The summed E-state index contributed by atoms with van der Waals surface area (Å²) >= 11 is 0. The number of aromatic nitrogens is 2. The van der Waals surface area contributed by atoms with Crippen molar-refractivity contribution in [2.24, 2.45) is 5.73 Å². The zero-order valence-electron chi connectivity index (χ0n) is 8.39. The molecule has 1 atom stereocenters. The molecule has 78 valence electrons. The van der Waals surface area contributed by atoms with Crippen LogP contribution in [0.4, 0.5) is 4.39 Å². The Labute approximate surface area is 87.4 Å². The summed E-state index contributed by atoms with van der Waals surface area (Å²) in [5, 5.41) is 0. The van der Waals surface area contributed by atoms with Gasteiger partial charge in [0.1, 0.15) is 5.82 Å². The maximum atomic E-state index is 13.0. The van der Waals surface area contributed by atoms with Crippen LogP contribution in [-0.4, -0.2) is 9.55 Å². The molecule has 0 aliphatic carbocycles. The highest BCUT2D eigenvalue weighted by atomic mass is 19.1. The molecule has 4 heteroatoms. The van der Waals surface area contributed by atoms with Crippen LogP contribution >= 0.6 is 0 Å². The summed E-state index contributed by atoms with van der Waals surface area (Å²) in [6, 6.07) is 6.21. The fraction of sp³-hybridized carbons (Fsp3) is 0.182. The number of halogens is 1. The lowest BCUT2D eigenvalue weighted by molar-refractivity contribution is 0.625. The van der Waals surface area contributed by atoms with Gasteiger partial charge in [-0.1, -0.05) is 6.07 Å². The molecule has 0 aliphatic heterocycles. The Kier molecular flexibility index (Phi) is 2.51. The molecule has 0 amide bonds. The molecule has 2 aromatic rings. The van der Waals surface area contributed by atoms with Crippen LogP contribution in [0.1, 0.15) is 18.7 Å². The third-order valence-corrected chi connectivity index (χ3v) is 2.22. The quantitative estimate of drug-likeness (QED) is 0.815. The van der Waals surface area contributed by atoms with Gasteiger partial charge in [0, 0.05) is 11.7 Å². The fourth-order valence-corrected chi connectivity index (χ4v) is 1.48. The monoisotopic (exact) mass is 205 g/mol. The van der Waals surface area contributed by atoms with Crippen molar-refractivity contribution in [1.82, 2.24) is 9.55 Å². The van der Waals surface area contributed by atoms with Crippen LogP contribution in [0.2, 0.25) is 0 Å². The number of benzene rings is 1. The molecule has 1 heterocycles. The lowest BCUT2D eigenvalue weighted by Gasteiger charge is -2.10. The van der Waals surface area contributed by atoms with E-state index in [-0.39, 0.29) is 11.9 Å². The van der Waals surface area contributed by atoms with Gasteiger partial charge in [-0.15, -0.1) is 0 Å². The molecule has 0 spiro atoms. The molecule has 1 aromatic heterocycles. The number of nitrogens with two attached hydrogens (primary N) is 1. The molecule has 0 saturated carbocycles. The molecule has 2 N–H and O–H groups in total. The highest BCUT2D eigenvalue weighted by molar-refractivity contribution is 5.34. The van der Waals surface area contributed by atoms with Gasteiger partial charge < -0.3 is 10.3 Å². The molecule has 2 rings (SSSR count). The van der Waals surface area contributed by atoms with Crippen LogP contribution in [-0.2, 0) is 0 Å². The average Bonchev–Trinajstić information content (AvgIpc) is 2.65. The minimum Gasteiger partial charge on any atom is -0.323 e. The van der Waals surface area contributed by atoms with Gasteiger partial charge in [-0.05, 0) is 25.1 Å². The Morgan fingerprint density at radius 2 is 2.27 bits per heavy atom. The minimum absolute atomic E-state index is 0.129. The molecular weight excluding hydrogens is 193 g/mol. The topological polar surface area (TPSA) is 43.8 Å². The molecule has 15 heavy (non-hydrogen) atoms. The first kappa shape index (κ1) is 9.86. The Hall–Kier alpha value is -1.68. The van der Waals surface area contributed by atoms with Crippen molar-refractivity contribution in [3.05, 3.63) is 48.3 Å². The molecule has 0 aliphatic rings. The highest BCUT2D eigenvalue weighted by Crippen LogP contribution is 2.16. The first-order valence-corrected chi connectivity index (χ1v) is 4.72. The standard InChI is InChI=1S/C11H12FN3/c1-8(13)11-6-14-7-15(11)10-4-2-3-9(12)5-10/h2-8H,13H2,1H3. The van der Waals surface area contributed by atoms with E-state index in [4.69, 9.17) is 5.73 Å². The number of hydrogen-bond donors (Lipinski definition) is 1. The van der Waals surface area contributed by atoms with Crippen LogP contribution in [0.3, 0.4) is 0 Å². The summed E-state index contributed by atoms with van der Waals surface area (Å²) in [5.74, 6) is -0.267. The van der Waals surface area contributed by atoms with Crippen molar-refractivity contribution in [3.8, 4) is 5.69 Å². The summed E-state index contributed by atoms with van der Waals surface area (Å²) in [5.41, 5.74) is 7.38. The van der Waals surface area contributed by atoms with Crippen molar-refractivity contribution in [3.63, 3.8) is 0 Å².